The summed E-state index contributed by atoms with van der Waals surface area (Å²) >= 11 is 0. The molecule has 2 fully saturated rings. The van der Waals surface area contributed by atoms with Gasteiger partial charge >= 0.3 is 0 Å². The van der Waals surface area contributed by atoms with Gasteiger partial charge in [-0.3, -0.25) is 0 Å². The average Bonchev–Trinajstić information content (AvgIpc) is 2.15. The number of piperidine rings is 1. The molecule has 0 bridgehead atoms. The molecular formula is C11H21NO. The monoisotopic (exact) mass is 183 g/mol. The molecule has 2 heteroatoms. The smallest absolute Gasteiger partial charge is 0.0754 e. The van der Waals surface area contributed by atoms with Crippen LogP contribution in [0.25, 0.3) is 0 Å². The van der Waals surface area contributed by atoms with E-state index in [1.807, 2.05) is 0 Å². The lowest BCUT2D eigenvalue weighted by Gasteiger charge is -2.53. The first-order valence-electron chi connectivity index (χ1n) is 5.52. The predicted octanol–water partition coefficient (Wildman–Crippen LogP) is 1.90. The van der Waals surface area contributed by atoms with Crippen LogP contribution in [0.2, 0.25) is 0 Å². The number of likely N-dealkylation sites (tertiary alicyclic amines) is 1. The molecule has 0 aromatic carbocycles. The maximum Gasteiger partial charge on any atom is 0.0754 e. The first-order chi connectivity index (χ1) is 6.14. The van der Waals surface area contributed by atoms with Gasteiger partial charge in [-0.1, -0.05) is 6.92 Å². The maximum atomic E-state index is 5.77. The molecule has 2 aliphatic rings. The van der Waals surface area contributed by atoms with Gasteiger partial charge in [-0.15, -0.1) is 0 Å². The van der Waals surface area contributed by atoms with E-state index >= 15 is 0 Å². The number of nitrogens with zero attached hydrogens (tertiary/aromatic N) is 1. The molecule has 0 aliphatic carbocycles. The van der Waals surface area contributed by atoms with Gasteiger partial charge < -0.3 is 9.64 Å². The summed E-state index contributed by atoms with van der Waals surface area (Å²) in [5, 5.41) is 0. The fraction of sp³-hybridized carbons (Fsp3) is 1.00. The number of ether oxygens (including phenoxy) is 1. The zero-order valence-corrected chi connectivity index (χ0v) is 9.05. The molecule has 0 unspecified atom stereocenters. The van der Waals surface area contributed by atoms with E-state index in [1.54, 1.807) is 0 Å². The van der Waals surface area contributed by atoms with Crippen LogP contribution < -0.4 is 0 Å². The van der Waals surface area contributed by atoms with Gasteiger partial charge in [0.1, 0.15) is 0 Å². The fourth-order valence-corrected chi connectivity index (χ4v) is 2.54. The lowest BCUT2D eigenvalue weighted by molar-refractivity contribution is -0.220. The Morgan fingerprint density at radius 3 is 2.23 bits per heavy atom. The molecule has 2 saturated heterocycles. The van der Waals surface area contributed by atoms with E-state index in [2.05, 4.69) is 25.7 Å². The average molecular weight is 183 g/mol. The largest absolute Gasteiger partial charge is 0.374 e. The summed E-state index contributed by atoms with van der Waals surface area (Å²) < 4.78 is 5.77. The van der Waals surface area contributed by atoms with Crippen molar-refractivity contribution in [3.8, 4) is 0 Å². The zero-order chi connectivity index (χ0) is 9.47. The van der Waals surface area contributed by atoms with Gasteiger partial charge in [0.25, 0.3) is 0 Å². The normalized spacial score (nSPS) is 33.7. The Bertz CT molecular complexity index is 183. The highest BCUT2D eigenvalue weighted by Crippen LogP contribution is 2.41. The van der Waals surface area contributed by atoms with Crippen LogP contribution in [-0.2, 0) is 4.74 Å². The van der Waals surface area contributed by atoms with Gasteiger partial charge in [0.05, 0.1) is 12.2 Å². The van der Waals surface area contributed by atoms with Crippen molar-refractivity contribution in [1.29, 1.82) is 0 Å². The molecule has 13 heavy (non-hydrogen) atoms. The van der Waals surface area contributed by atoms with Crippen molar-refractivity contribution >= 4 is 0 Å². The molecule has 0 N–H and O–H groups in total. The van der Waals surface area contributed by atoms with E-state index in [-0.39, 0.29) is 5.60 Å². The van der Waals surface area contributed by atoms with Crippen LogP contribution in [0.4, 0.5) is 0 Å². The van der Waals surface area contributed by atoms with Crippen LogP contribution >= 0.6 is 0 Å². The molecule has 2 nitrogen and oxygen atoms in total. The second-order valence-electron chi connectivity index (χ2n) is 4.91. The highest BCUT2D eigenvalue weighted by molar-refractivity contribution is 4.97. The second-order valence-corrected chi connectivity index (χ2v) is 4.91. The maximum absolute atomic E-state index is 5.77. The van der Waals surface area contributed by atoms with E-state index in [0.717, 1.165) is 12.5 Å². The molecule has 0 saturated carbocycles. The molecular weight excluding hydrogens is 162 g/mol. The SMILES string of the molecule is CC(C)N1CCC2(CC1)OC[C@@H]2C. The molecule has 1 atom stereocenters. The lowest BCUT2D eigenvalue weighted by atomic mass is 9.76. The lowest BCUT2D eigenvalue weighted by Crippen LogP contribution is -2.58. The van der Waals surface area contributed by atoms with Crippen LogP contribution in [0.3, 0.4) is 0 Å². The number of rotatable bonds is 1. The molecule has 2 rings (SSSR count). The highest BCUT2D eigenvalue weighted by atomic mass is 16.5. The molecule has 0 amide bonds. The second kappa shape index (κ2) is 3.25. The minimum Gasteiger partial charge on any atom is -0.374 e. The van der Waals surface area contributed by atoms with Gasteiger partial charge in [0, 0.05) is 25.0 Å². The third kappa shape index (κ3) is 1.50. The Labute approximate surface area is 81.3 Å². The van der Waals surface area contributed by atoms with Crippen molar-refractivity contribution < 1.29 is 4.74 Å². The van der Waals surface area contributed by atoms with Gasteiger partial charge in [-0.25, -0.2) is 0 Å². The Morgan fingerprint density at radius 1 is 1.31 bits per heavy atom. The first kappa shape index (κ1) is 9.47. The van der Waals surface area contributed by atoms with Crippen LogP contribution in [0.1, 0.15) is 33.6 Å². The van der Waals surface area contributed by atoms with Crippen molar-refractivity contribution in [2.75, 3.05) is 19.7 Å². The van der Waals surface area contributed by atoms with E-state index in [0.29, 0.717) is 6.04 Å². The summed E-state index contributed by atoms with van der Waals surface area (Å²) in [6, 6.07) is 0.702. The summed E-state index contributed by atoms with van der Waals surface area (Å²) in [5.41, 5.74) is 0.283. The van der Waals surface area contributed by atoms with E-state index in [9.17, 15) is 0 Å². The molecule has 2 heterocycles. The molecule has 0 aromatic heterocycles. The van der Waals surface area contributed by atoms with E-state index in [1.165, 1.54) is 25.9 Å². The van der Waals surface area contributed by atoms with Gasteiger partial charge in [0.15, 0.2) is 0 Å². The Morgan fingerprint density at radius 2 is 1.92 bits per heavy atom. The Kier molecular flexibility index (Phi) is 2.37. The third-order valence-corrected chi connectivity index (χ3v) is 3.89. The standard InChI is InChI=1S/C11H21NO/c1-9(2)12-6-4-11(5-7-12)10(3)8-13-11/h9-10H,4-8H2,1-3H3/t10-/m0/s1. The van der Waals surface area contributed by atoms with E-state index in [4.69, 9.17) is 4.74 Å². The summed E-state index contributed by atoms with van der Waals surface area (Å²) in [6.45, 7) is 10.3. The highest BCUT2D eigenvalue weighted by Gasteiger charge is 2.47. The topological polar surface area (TPSA) is 12.5 Å². The first-order valence-corrected chi connectivity index (χ1v) is 5.52. The third-order valence-electron chi connectivity index (χ3n) is 3.89. The molecule has 0 radical (unpaired) electrons. The summed E-state index contributed by atoms with van der Waals surface area (Å²) in [4.78, 5) is 2.56. The Hall–Kier alpha value is -0.0800. The minimum atomic E-state index is 0.283. The van der Waals surface area contributed by atoms with Crippen LogP contribution in [-0.4, -0.2) is 36.2 Å². The van der Waals surface area contributed by atoms with Crippen LogP contribution in [0.5, 0.6) is 0 Å². The predicted molar refractivity (Wildman–Crippen MR) is 53.8 cm³/mol. The fourth-order valence-electron chi connectivity index (χ4n) is 2.54. The van der Waals surface area contributed by atoms with Gasteiger partial charge in [0.2, 0.25) is 0 Å². The quantitative estimate of drug-likeness (QED) is 0.615. The molecule has 76 valence electrons. The van der Waals surface area contributed by atoms with Crippen LogP contribution in [0.15, 0.2) is 0 Å². The van der Waals surface area contributed by atoms with Crippen molar-refractivity contribution in [3.63, 3.8) is 0 Å². The molecule has 2 aliphatic heterocycles. The van der Waals surface area contributed by atoms with Crippen molar-refractivity contribution in [2.24, 2.45) is 5.92 Å². The number of hydrogen-bond acceptors (Lipinski definition) is 2. The summed E-state index contributed by atoms with van der Waals surface area (Å²) in [5.74, 6) is 0.793. The van der Waals surface area contributed by atoms with Crippen molar-refractivity contribution in [2.45, 2.75) is 45.3 Å². The Balaban J connectivity index is 1.89. The summed E-state index contributed by atoms with van der Waals surface area (Å²) in [7, 11) is 0. The molecule has 1 spiro atoms. The van der Waals surface area contributed by atoms with Crippen molar-refractivity contribution in [1.82, 2.24) is 4.90 Å². The van der Waals surface area contributed by atoms with Gasteiger partial charge in [-0.05, 0) is 26.7 Å². The number of hydrogen-bond donors (Lipinski definition) is 0. The zero-order valence-electron chi connectivity index (χ0n) is 9.05. The van der Waals surface area contributed by atoms with Crippen molar-refractivity contribution in [3.05, 3.63) is 0 Å². The summed E-state index contributed by atoms with van der Waals surface area (Å²) in [6.07, 6.45) is 2.48. The van der Waals surface area contributed by atoms with Crippen LogP contribution in [0, 0.1) is 5.92 Å². The van der Waals surface area contributed by atoms with Gasteiger partial charge in [-0.2, -0.15) is 0 Å². The molecule has 0 aromatic rings. The minimum absolute atomic E-state index is 0.283. The van der Waals surface area contributed by atoms with E-state index < -0.39 is 0 Å².